The van der Waals surface area contributed by atoms with E-state index in [1.807, 2.05) is 54.9 Å². The van der Waals surface area contributed by atoms with E-state index < -0.39 is 0 Å². The highest BCUT2D eigenvalue weighted by molar-refractivity contribution is 6.30. The second-order valence-corrected chi connectivity index (χ2v) is 10.1. The van der Waals surface area contributed by atoms with Crippen LogP contribution in [0.5, 0.6) is 5.75 Å². The Bertz CT molecular complexity index is 1330. The third-order valence-corrected chi connectivity index (χ3v) is 6.06. The summed E-state index contributed by atoms with van der Waals surface area (Å²) in [6.45, 7) is 11.1. The largest absolute Gasteiger partial charge is 0.486 e. The van der Waals surface area contributed by atoms with Crippen LogP contribution < -0.4 is 10.1 Å². The molecule has 4 aromatic rings. The third-order valence-electron chi connectivity index (χ3n) is 5.83. The van der Waals surface area contributed by atoms with Gasteiger partial charge in [-0.3, -0.25) is 9.48 Å². The van der Waals surface area contributed by atoms with Gasteiger partial charge in [-0.05, 0) is 66.8 Å². The fourth-order valence-electron chi connectivity index (χ4n) is 3.80. The Morgan fingerprint density at radius 3 is 2.51 bits per heavy atom. The van der Waals surface area contributed by atoms with Crippen LogP contribution in [0, 0.1) is 13.8 Å². The van der Waals surface area contributed by atoms with E-state index in [1.165, 1.54) is 5.56 Å². The monoisotopic (exact) mass is 491 g/mol. The van der Waals surface area contributed by atoms with Gasteiger partial charge in [0.05, 0.1) is 23.6 Å². The highest BCUT2D eigenvalue weighted by atomic mass is 35.5. The van der Waals surface area contributed by atoms with Crippen molar-refractivity contribution in [3.8, 4) is 5.75 Å². The number of amides is 1. The van der Waals surface area contributed by atoms with Gasteiger partial charge in [-0.15, -0.1) is 0 Å². The first kappa shape index (κ1) is 24.6. The summed E-state index contributed by atoms with van der Waals surface area (Å²) in [6.07, 6.45) is 0. The van der Waals surface area contributed by atoms with Crippen LogP contribution in [0.15, 0.2) is 65.1 Å². The molecule has 7 heteroatoms. The first-order valence-electron chi connectivity index (χ1n) is 11.5. The molecule has 0 unspecified atom stereocenters. The highest BCUT2D eigenvalue weighted by Crippen LogP contribution is 2.25. The molecule has 0 saturated heterocycles. The Balaban J connectivity index is 1.39. The molecular weight excluding hydrogens is 462 g/mol. The number of nitrogens with one attached hydrogen (secondary N) is 1. The van der Waals surface area contributed by atoms with E-state index in [2.05, 4.69) is 43.3 Å². The number of hydrogen-bond donors (Lipinski definition) is 1. The molecule has 2 aromatic carbocycles. The van der Waals surface area contributed by atoms with E-state index in [0.29, 0.717) is 23.0 Å². The van der Waals surface area contributed by atoms with Crippen molar-refractivity contribution in [3.05, 3.63) is 99.7 Å². The molecule has 0 atom stereocenters. The summed E-state index contributed by atoms with van der Waals surface area (Å²) < 4.78 is 13.4. The number of ether oxygens (including phenoxy) is 1. The summed E-state index contributed by atoms with van der Waals surface area (Å²) in [7, 11) is 0. The Labute approximate surface area is 210 Å². The van der Waals surface area contributed by atoms with Crippen LogP contribution >= 0.6 is 11.6 Å². The van der Waals surface area contributed by atoms with Crippen LogP contribution in [0.2, 0.25) is 5.02 Å². The second kappa shape index (κ2) is 10.0. The predicted octanol–water partition coefficient (Wildman–Crippen LogP) is 6.92. The summed E-state index contributed by atoms with van der Waals surface area (Å²) >= 11 is 6.10. The van der Waals surface area contributed by atoms with Crippen molar-refractivity contribution >= 4 is 23.2 Å². The van der Waals surface area contributed by atoms with Crippen molar-refractivity contribution in [2.24, 2.45) is 0 Å². The van der Waals surface area contributed by atoms with Crippen LogP contribution in [0.3, 0.4) is 0 Å². The van der Waals surface area contributed by atoms with E-state index in [1.54, 1.807) is 12.1 Å². The lowest BCUT2D eigenvalue weighted by atomic mass is 9.87. The minimum Gasteiger partial charge on any atom is -0.486 e. The molecule has 4 rings (SSSR count). The number of carbonyl (C=O) groups excluding carboxylic acids is 1. The quantitative estimate of drug-likeness (QED) is 0.304. The molecule has 0 radical (unpaired) electrons. The molecular formula is C28H30ClN3O3. The summed E-state index contributed by atoms with van der Waals surface area (Å²) in [6, 6.07) is 19.1. The van der Waals surface area contributed by atoms with Crippen LogP contribution in [0.4, 0.5) is 5.69 Å². The van der Waals surface area contributed by atoms with Gasteiger partial charge in [0, 0.05) is 5.02 Å². The lowest BCUT2D eigenvalue weighted by Crippen LogP contribution is -2.12. The number of aromatic nitrogens is 2. The standard InChI is InChI=1S/C28H30ClN3O3/c1-18-26(19(2)32(31-18)16-20-7-6-8-22(29)15-20)30-27(33)25-14-13-24(35-25)17-34-23-11-9-21(10-12-23)28(3,4)5/h6-15H,16-17H2,1-5H3,(H,30,33). The van der Waals surface area contributed by atoms with E-state index >= 15 is 0 Å². The smallest absolute Gasteiger partial charge is 0.291 e. The molecule has 2 heterocycles. The van der Waals surface area contributed by atoms with E-state index in [4.69, 9.17) is 20.8 Å². The SMILES string of the molecule is Cc1nn(Cc2cccc(Cl)c2)c(C)c1NC(=O)c1ccc(COc2ccc(C(C)(C)C)cc2)o1. The first-order chi connectivity index (χ1) is 16.6. The van der Waals surface area contributed by atoms with Crippen molar-refractivity contribution in [1.29, 1.82) is 0 Å². The van der Waals surface area contributed by atoms with Crippen molar-refractivity contribution in [1.82, 2.24) is 9.78 Å². The maximum atomic E-state index is 12.8. The van der Waals surface area contributed by atoms with E-state index in [9.17, 15) is 4.79 Å². The summed E-state index contributed by atoms with van der Waals surface area (Å²) in [4.78, 5) is 12.8. The molecule has 2 aromatic heterocycles. The second-order valence-electron chi connectivity index (χ2n) is 9.62. The van der Waals surface area contributed by atoms with E-state index in [-0.39, 0.29) is 23.7 Å². The first-order valence-corrected chi connectivity index (χ1v) is 11.9. The van der Waals surface area contributed by atoms with Crippen molar-refractivity contribution in [3.63, 3.8) is 0 Å². The summed E-state index contributed by atoms with van der Waals surface area (Å²) in [5.41, 5.74) is 4.61. The number of aryl methyl sites for hydroxylation is 1. The zero-order valence-electron chi connectivity index (χ0n) is 20.7. The molecule has 0 aliphatic heterocycles. The van der Waals surface area contributed by atoms with Gasteiger partial charge < -0.3 is 14.5 Å². The number of anilines is 1. The molecule has 1 amide bonds. The molecule has 0 bridgehead atoms. The van der Waals surface area contributed by atoms with Crippen LogP contribution in [0.25, 0.3) is 0 Å². The number of rotatable bonds is 7. The predicted molar refractivity (Wildman–Crippen MR) is 138 cm³/mol. The van der Waals surface area contributed by atoms with Gasteiger partial charge >= 0.3 is 0 Å². The Kier molecular flexibility index (Phi) is 7.03. The summed E-state index contributed by atoms with van der Waals surface area (Å²) in [5, 5.41) is 8.19. The molecule has 0 saturated carbocycles. The fourth-order valence-corrected chi connectivity index (χ4v) is 4.01. The molecule has 0 fully saturated rings. The lowest BCUT2D eigenvalue weighted by Gasteiger charge is -2.19. The average molecular weight is 492 g/mol. The summed E-state index contributed by atoms with van der Waals surface area (Å²) in [5.74, 6) is 1.20. The third kappa shape index (κ3) is 5.95. The van der Waals surface area contributed by atoms with Gasteiger partial charge in [0.2, 0.25) is 0 Å². The van der Waals surface area contributed by atoms with Gasteiger partial charge in [0.15, 0.2) is 5.76 Å². The molecule has 182 valence electrons. The molecule has 35 heavy (non-hydrogen) atoms. The van der Waals surface area contributed by atoms with Crippen LogP contribution in [-0.4, -0.2) is 15.7 Å². The molecule has 1 N–H and O–H groups in total. The minimum absolute atomic E-state index is 0.0876. The average Bonchev–Trinajstić information content (AvgIpc) is 3.38. The zero-order chi connectivity index (χ0) is 25.2. The number of halogens is 1. The maximum Gasteiger partial charge on any atom is 0.291 e. The highest BCUT2D eigenvalue weighted by Gasteiger charge is 2.18. The van der Waals surface area contributed by atoms with Gasteiger partial charge in [-0.1, -0.05) is 56.6 Å². The van der Waals surface area contributed by atoms with Crippen molar-refractivity contribution in [2.75, 3.05) is 5.32 Å². The van der Waals surface area contributed by atoms with Crippen molar-refractivity contribution in [2.45, 2.75) is 53.2 Å². The van der Waals surface area contributed by atoms with Crippen molar-refractivity contribution < 1.29 is 13.9 Å². The molecule has 6 nitrogen and oxygen atoms in total. The minimum atomic E-state index is -0.334. The van der Waals surface area contributed by atoms with Gasteiger partial charge in [-0.2, -0.15) is 5.10 Å². The number of hydrogen-bond acceptors (Lipinski definition) is 4. The van der Waals surface area contributed by atoms with E-state index in [0.717, 1.165) is 22.7 Å². The molecule has 0 aliphatic rings. The molecule has 0 aliphatic carbocycles. The van der Waals surface area contributed by atoms with Crippen LogP contribution in [0.1, 0.15) is 59.6 Å². The molecule has 0 spiro atoms. The normalized spacial score (nSPS) is 11.5. The Hall–Kier alpha value is -3.51. The van der Waals surface area contributed by atoms with Gasteiger partial charge in [0.1, 0.15) is 18.1 Å². The van der Waals surface area contributed by atoms with Gasteiger partial charge in [0.25, 0.3) is 5.91 Å². The Morgan fingerprint density at radius 1 is 1.09 bits per heavy atom. The topological polar surface area (TPSA) is 69.3 Å². The lowest BCUT2D eigenvalue weighted by molar-refractivity contribution is 0.0992. The Morgan fingerprint density at radius 2 is 1.83 bits per heavy atom. The number of nitrogens with zero attached hydrogens (tertiary/aromatic N) is 2. The maximum absolute atomic E-state index is 12.8. The number of furan rings is 1. The number of benzene rings is 2. The zero-order valence-corrected chi connectivity index (χ0v) is 21.4. The number of carbonyl (C=O) groups is 1. The van der Waals surface area contributed by atoms with Gasteiger partial charge in [-0.25, -0.2) is 0 Å². The fraction of sp³-hybridized carbons (Fsp3) is 0.286. The van der Waals surface area contributed by atoms with Crippen LogP contribution in [-0.2, 0) is 18.6 Å².